The van der Waals surface area contributed by atoms with E-state index in [9.17, 15) is 9.50 Å². The van der Waals surface area contributed by atoms with Gasteiger partial charge < -0.3 is 5.11 Å². The highest BCUT2D eigenvalue weighted by Gasteiger charge is 2.47. The molecule has 1 aliphatic heterocycles. The van der Waals surface area contributed by atoms with Gasteiger partial charge in [0.2, 0.25) is 0 Å². The Morgan fingerprint density at radius 2 is 1.89 bits per heavy atom. The molecule has 2 aliphatic rings. The number of hydrogen-bond donors (Lipinski definition) is 1. The zero-order valence-corrected chi connectivity index (χ0v) is 11.2. The van der Waals surface area contributed by atoms with E-state index < -0.39 is 6.10 Å². The summed E-state index contributed by atoms with van der Waals surface area (Å²) in [6, 6.07) is 1.62. The van der Waals surface area contributed by atoms with Crippen molar-refractivity contribution in [1.29, 1.82) is 0 Å². The summed E-state index contributed by atoms with van der Waals surface area (Å²) in [5.74, 6) is -0.388. The fourth-order valence-corrected chi connectivity index (χ4v) is 3.81. The molecule has 2 heterocycles. The molecule has 0 aromatic carbocycles. The molecule has 1 saturated carbocycles. The number of nitrogens with zero attached hydrogens (tertiary/aromatic N) is 2. The summed E-state index contributed by atoms with van der Waals surface area (Å²) in [5, 5.41) is 10.8. The van der Waals surface area contributed by atoms with Crippen LogP contribution in [-0.4, -0.2) is 33.6 Å². The van der Waals surface area contributed by atoms with E-state index in [0.717, 1.165) is 38.8 Å². The van der Waals surface area contributed by atoms with E-state index in [1.165, 1.54) is 19.0 Å². The first-order valence-corrected chi connectivity index (χ1v) is 7.26. The van der Waals surface area contributed by atoms with Crippen LogP contribution >= 0.6 is 0 Å². The lowest BCUT2D eigenvalue weighted by Crippen LogP contribution is -2.49. The van der Waals surface area contributed by atoms with Crippen molar-refractivity contribution in [2.24, 2.45) is 0 Å². The number of aliphatic hydroxyl groups is 1. The molecule has 1 N–H and O–H groups in total. The molecule has 1 aromatic heterocycles. The summed E-state index contributed by atoms with van der Waals surface area (Å²) in [4.78, 5) is 6.17. The number of halogens is 1. The molecule has 1 aromatic rings. The van der Waals surface area contributed by atoms with Crippen LogP contribution in [0.15, 0.2) is 18.5 Å². The van der Waals surface area contributed by atoms with Crippen molar-refractivity contribution in [2.45, 2.75) is 50.2 Å². The van der Waals surface area contributed by atoms with Crippen molar-refractivity contribution in [3.63, 3.8) is 0 Å². The van der Waals surface area contributed by atoms with Gasteiger partial charge in [-0.2, -0.15) is 0 Å². The van der Waals surface area contributed by atoms with Gasteiger partial charge in [0.25, 0.3) is 0 Å². The van der Waals surface area contributed by atoms with Gasteiger partial charge in [0.05, 0.1) is 11.7 Å². The normalized spacial score (nSPS) is 24.7. The summed E-state index contributed by atoms with van der Waals surface area (Å²) in [7, 11) is 0. The van der Waals surface area contributed by atoms with Crippen molar-refractivity contribution >= 4 is 0 Å². The van der Waals surface area contributed by atoms with E-state index in [1.54, 1.807) is 12.3 Å². The summed E-state index contributed by atoms with van der Waals surface area (Å²) in [6.07, 6.45) is 8.59. The van der Waals surface area contributed by atoms with Crippen LogP contribution in [0.5, 0.6) is 0 Å². The average Bonchev–Trinajstić information content (AvgIpc) is 3.10. The molecule has 0 bridgehead atoms. The number of hydrogen-bond acceptors (Lipinski definition) is 3. The molecule has 0 amide bonds. The highest BCUT2D eigenvalue weighted by Crippen LogP contribution is 2.46. The van der Waals surface area contributed by atoms with E-state index in [-0.39, 0.29) is 11.4 Å². The van der Waals surface area contributed by atoms with Gasteiger partial charge in [-0.25, -0.2) is 4.39 Å². The van der Waals surface area contributed by atoms with Crippen LogP contribution in [-0.2, 0) is 0 Å². The quantitative estimate of drug-likeness (QED) is 0.912. The first-order valence-electron chi connectivity index (χ1n) is 7.26. The van der Waals surface area contributed by atoms with Crippen molar-refractivity contribution < 1.29 is 9.50 Å². The fourth-order valence-electron chi connectivity index (χ4n) is 3.81. The largest absolute Gasteiger partial charge is 0.386 e. The number of likely N-dealkylation sites (tertiary alicyclic amines) is 1. The summed E-state index contributed by atoms with van der Waals surface area (Å²) >= 11 is 0. The van der Waals surface area contributed by atoms with Crippen LogP contribution in [0, 0.1) is 5.82 Å². The molecular formula is C15H21FN2O. The smallest absolute Gasteiger partial charge is 0.147 e. The number of aliphatic hydroxyl groups excluding tert-OH is 1. The maximum atomic E-state index is 13.9. The SMILES string of the molecule is OC(c1ccncc1F)C1(N2CCCC2)CCCC1. The average molecular weight is 264 g/mol. The Labute approximate surface area is 113 Å². The first kappa shape index (κ1) is 13.0. The molecule has 104 valence electrons. The zero-order chi connectivity index (χ0) is 13.3. The molecular weight excluding hydrogens is 243 g/mol. The Morgan fingerprint density at radius 1 is 1.21 bits per heavy atom. The van der Waals surface area contributed by atoms with E-state index in [1.807, 2.05) is 0 Å². The second-order valence-corrected chi connectivity index (χ2v) is 5.80. The lowest BCUT2D eigenvalue weighted by Gasteiger charge is -2.42. The highest BCUT2D eigenvalue weighted by atomic mass is 19.1. The highest BCUT2D eigenvalue weighted by molar-refractivity contribution is 5.22. The molecule has 3 rings (SSSR count). The third kappa shape index (κ3) is 2.17. The van der Waals surface area contributed by atoms with Gasteiger partial charge in [0.1, 0.15) is 11.9 Å². The Balaban J connectivity index is 1.94. The van der Waals surface area contributed by atoms with Gasteiger partial charge in [0, 0.05) is 11.8 Å². The Kier molecular flexibility index (Phi) is 3.54. The molecule has 19 heavy (non-hydrogen) atoms. The molecule has 3 nitrogen and oxygen atoms in total. The van der Waals surface area contributed by atoms with Crippen molar-refractivity contribution in [2.75, 3.05) is 13.1 Å². The van der Waals surface area contributed by atoms with E-state index in [2.05, 4.69) is 9.88 Å². The zero-order valence-electron chi connectivity index (χ0n) is 11.2. The maximum absolute atomic E-state index is 13.9. The van der Waals surface area contributed by atoms with Crippen LogP contribution in [0.2, 0.25) is 0 Å². The van der Waals surface area contributed by atoms with Gasteiger partial charge in [-0.05, 0) is 44.8 Å². The second-order valence-electron chi connectivity index (χ2n) is 5.80. The van der Waals surface area contributed by atoms with Crippen LogP contribution in [0.3, 0.4) is 0 Å². The lowest BCUT2D eigenvalue weighted by molar-refractivity contribution is -0.0214. The van der Waals surface area contributed by atoms with Gasteiger partial charge in [-0.15, -0.1) is 0 Å². The first-order chi connectivity index (χ1) is 9.24. The molecule has 4 heteroatoms. The summed E-state index contributed by atoms with van der Waals surface area (Å²) < 4.78 is 13.9. The molecule has 0 radical (unpaired) electrons. The minimum atomic E-state index is -0.740. The minimum absolute atomic E-state index is 0.251. The molecule has 1 saturated heterocycles. The van der Waals surface area contributed by atoms with Crippen molar-refractivity contribution in [3.8, 4) is 0 Å². The van der Waals surface area contributed by atoms with Crippen LogP contribution < -0.4 is 0 Å². The predicted molar refractivity (Wildman–Crippen MR) is 71.2 cm³/mol. The van der Waals surface area contributed by atoms with Gasteiger partial charge >= 0.3 is 0 Å². The standard InChI is InChI=1S/C15H21FN2O/c16-13-11-17-8-5-12(13)14(19)15(6-1-2-7-15)18-9-3-4-10-18/h5,8,11,14,19H,1-4,6-7,9-10H2. The summed E-state index contributed by atoms with van der Waals surface area (Å²) in [6.45, 7) is 2.06. The Hall–Kier alpha value is -1.00. The molecule has 1 unspecified atom stereocenters. The van der Waals surface area contributed by atoms with Crippen molar-refractivity contribution in [1.82, 2.24) is 9.88 Å². The molecule has 1 atom stereocenters. The lowest BCUT2D eigenvalue weighted by atomic mass is 9.84. The number of pyridine rings is 1. The van der Waals surface area contributed by atoms with E-state index >= 15 is 0 Å². The van der Waals surface area contributed by atoms with Crippen molar-refractivity contribution in [3.05, 3.63) is 29.8 Å². The van der Waals surface area contributed by atoms with E-state index in [4.69, 9.17) is 0 Å². The number of rotatable bonds is 3. The Morgan fingerprint density at radius 3 is 2.53 bits per heavy atom. The fraction of sp³-hybridized carbons (Fsp3) is 0.667. The Bertz CT molecular complexity index is 440. The van der Waals surface area contributed by atoms with E-state index in [0.29, 0.717) is 5.56 Å². The third-order valence-electron chi connectivity index (χ3n) is 4.81. The monoisotopic (exact) mass is 264 g/mol. The minimum Gasteiger partial charge on any atom is -0.386 e. The van der Waals surface area contributed by atoms with Crippen LogP contribution in [0.4, 0.5) is 4.39 Å². The summed E-state index contributed by atoms with van der Waals surface area (Å²) in [5.41, 5.74) is 0.155. The van der Waals surface area contributed by atoms with Gasteiger partial charge in [-0.3, -0.25) is 9.88 Å². The topological polar surface area (TPSA) is 36.4 Å². The van der Waals surface area contributed by atoms with Gasteiger partial charge in [0.15, 0.2) is 0 Å². The number of aromatic nitrogens is 1. The molecule has 1 aliphatic carbocycles. The van der Waals surface area contributed by atoms with Crippen LogP contribution in [0.1, 0.15) is 50.2 Å². The second kappa shape index (κ2) is 5.17. The van der Waals surface area contributed by atoms with Crippen LogP contribution in [0.25, 0.3) is 0 Å². The van der Waals surface area contributed by atoms with Gasteiger partial charge in [-0.1, -0.05) is 12.8 Å². The molecule has 2 fully saturated rings. The predicted octanol–water partition coefficient (Wildman–Crippen LogP) is 2.66. The molecule has 0 spiro atoms. The maximum Gasteiger partial charge on any atom is 0.147 e. The third-order valence-corrected chi connectivity index (χ3v) is 4.81.